The summed E-state index contributed by atoms with van der Waals surface area (Å²) in [6.07, 6.45) is 0.686. The third-order valence-electron chi connectivity index (χ3n) is 2.20. The molecular formula is C8H18N2O4S. The van der Waals surface area contributed by atoms with E-state index in [0.717, 1.165) is 8.61 Å². The predicted molar refractivity (Wildman–Crippen MR) is 56.7 cm³/mol. The summed E-state index contributed by atoms with van der Waals surface area (Å²) in [5.41, 5.74) is 0. The maximum Gasteiger partial charge on any atom is 0.321 e. The molecular weight excluding hydrogens is 220 g/mol. The third kappa shape index (κ3) is 3.44. The van der Waals surface area contributed by atoms with Gasteiger partial charge in [-0.3, -0.25) is 4.79 Å². The van der Waals surface area contributed by atoms with Gasteiger partial charge < -0.3 is 5.11 Å². The molecule has 0 aliphatic heterocycles. The summed E-state index contributed by atoms with van der Waals surface area (Å²) >= 11 is 0. The summed E-state index contributed by atoms with van der Waals surface area (Å²) in [7, 11) is -0.961. The Labute approximate surface area is 90.7 Å². The van der Waals surface area contributed by atoms with Gasteiger partial charge in [0.25, 0.3) is 10.2 Å². The van der Waals surface area contributed by atoms with Crippen molar-refractivity contribution in [1.29, 1.82) is 0 Å². The first kappa shape index (κ1) is 14.3. The summed E-state index contributed by atoms with van der Waals surface area (Å²) < 4.78 is 25.5. The molecule has 15 heavy (non-hydrogen) atoms. The highest BCUT2D eigenvalue weighted by Gasteiger charge is 2.30. The lowest BCUT2D eigenvalue weighted by Gasteiger charge is -2.26. The lowest BCUT2D eigenvalue weighted by atomic mass is 10.4. The second kappa shape index (κ2) is 5.43. The molecule has 0 aromatic carbocycles. The van der Waals surface area contributed by atoms with Crippen LogP contribution in [0.3, 0.4) is 0 Å². The van der Waals surface area contributed by atoms with Crippen molar-refractivity contribution in [2.24, 2.45) is 0 Å². The van der Waals surface area contributed by atoms with E-state index >= 15 is 0 Å². The Balaban J connectivity index is 4.80. The Hall–Kier alpha value is -0.660. The molecule has 0 aromatic rings. The second-order valence-corrected chi connectivity index (χ2v) is 5.45. The molecule has 0 fully saturated rings. The summed E-state index contributed by atoms with van der Waals surface area (Å²) in [5, 5.41) is 8.70. The number of nitrogens with zero attached hydrogens (tertiary/aromatic N) is 2. The largest absolute Gasteiger partial charge is 0.480 e. The van der Waals surface area contributed by atoms with Gasteiger partial charge in [0.2, 0.25) is 0 Å². The van der Waals surface area contributed by atoms with Gasteiger partial charge in [0.1, 0.15) is 6.04 Å². The molecule has 0 radical (unpaired) electrons. The summed E-state index contributed by atoms with van der Waals surface area (Å²) in [6.45, 7) is 3.56. The molecule has 0 saturated carbocycles. The second-order valence-electron chi connectivity index (χ2n) is 3.36. The first-order chi connectivity index (χ1) is 6.75. The minimum Gasteiger partial charge on any atom is -0.480 e. The van der Waals surface area contributed by atoms with Crippen LogP contribution in [0.25, 0.3) is 0 Å². The molecule has 0 aromatic heterocycles. The molecule has 7 heteroatoms. The minimum absolute atomic E-state index is 0.374. The van der Waals surface area contributed by atoms with Gasteiger partial charge >= 0.3 is 5.97 Å². The normalized spacial score (nSPS) is 14.5. The molecule has 0 saturated heterocycles. The van der Waals surface area contributed by atoms with E-state index in [0.29, 0.717) is 13.0 Å². The zero-order valence-corrected chi connectivity index (χ0v) is 10.3. The summed E-state index contributed by atoms with van der Waals surface area (Å²) in [6, 6.07) is -1.06. The van der Waals surface area contributed by atoms with E-state index < -0.39 is 22.2 Å². The fourth-order valence-corrected chi connectivity index (χ4v) is 2.35. The lowest BCUT2D eigenvalue weighted by molar-refractivity contribution is -0.140. The standard InChI is InChI=1S/C8H18N2O4S/c1-5-6-9(3)15(13,14)10(4)7(2)8(11)12/h7H,5-6H2,1-4H3,(H,11,12). The first-order valence-electron chi connectivity index (χ1n) is 4.67. The number of likely N-dealkylation sites (N-methyl/N-ethyl adjacent to an activating group) is 1. The van der Waals surface area contributed by atoms with E-state index in [1.807, 2.05) is 6.92 Å². The van der Waals surface area contributed by atoms with Crippen molar-refractivity contribution >= 4 is 16.2 Å². The maximum absolute atomic E-state index is 11.8. The van der Waals surface area contributed by atoms with Crippen LogP contribution >= 0.6 is 0 Å². The van der Waals surface area contributed by atoms with Crippen molar-refractivity contribution in [3.05, 3.63) is 0 Å². The lowest BCUT2D eigenvalue weighted by Crippen LogP contribution is -2.47. The molecule has 0 amide bonds. The van der Waals surface area contributed by atoms with Gasteiger partial charge in [0, 0.05) is 20.6 Å². The van der Waals surface area contributed by atoms with E-state index in [1.165, 1.54) is 21.0 Å². The van der Waals surface area contributed by atoms with Crippen LogP contribution in [-0.4, -0.2) is 54.8 Å². The van der Waals surface area contributed by atoms with Gasteiger partial charge in [-0.1, -0.05) is 6.92 Å². The number of carbonyl (C=O) groups is 1. The summed E-state index contributed by atoms with van der Waals surface area (Å²) in [4.78, 5) is 10.6. The molecule has 0 spiro atoms. The smallest absolute Gasteiger partial charge is 0.321 e. The monoisotopic (exact) mass is 238 g/mol. The van der Waals surface area contributed by atoms with Crippen molar-refractivity contribution in [3.63, 3.8) is 0 Å². The average Bonchev–Trinajstić information content (AvgIpc) is 2.15. The van der Waals surface area contributed by atoms with Gasteiger partial charge in [-0.25, -0.2) is 0 Å². The number of carboxylic acid groups (broad SMARTS) is 1. The fourth-order valence-electron chi connectivity index (χ4n) is 1.01. The van der Waals surface area contributed by atoms with Gasteiger partial charge in [0.15, 0.2) is 0 Å². The Morgan fingerprint density at radius 2 is 1.87 bits per heavy atom. The molecule has 6 nitrogen and oxygen atoms in total. The highest BCUT2D eigenvalue weighted by Crippen LogP contribution is 2.08. The van der Waals surface area contributed by atoms with E-state index in [9.17, 15) is 13.2 Å². The van der Waals surface area contributed by atoms with Crippen molar-refractivity contribution in [2.75, 3.05) is 20.6 Å². The molecule has 1 unspecified atom stereocenters. The van der Waals surface area contributed by atoms with E-state index in [1.54, 1.807) is 0 Å². The van der Waals surface area contributed by atoms with Crippen LogP contribution in [0.2, 0.25) is 0 Å². The predicted octanol–water partition coefficient (Wildman–Crippen LogP) is -0.0221. The third-order valence-corrected chi connectivity index (χ3v) is 4.21. The van der Waals surface area contributed by atoms with Gasteiger partial charge in [-0.05, 0) is 13.3 Å². The Morgan fingerprint density at radius 3 is 2.20 bits per heavy atom. The molecule has 0 aliphatic rings. The van der Waals surface area contributed by atoms with Gasteiger partial charge in [-0.2, -0.15) is 17.0 Å². The number of carboxylic acids is 1. The molecule has 1 atom stereocenters. The number of aliphatic carboxylic acids is 1. The molecule has 0 rings (SSSR count). The van der Waals surface area contributed by atoms with E-state index in [2.05, 4.69) is 0 Å². The van der Waals surface area contributed by atoms with Crippen LogP contribution in [0, 0.1) is 0 Å². The van der Waals surface area contributed by atoms with Crippen molar-refractivity contribution in [2.45, 2.75) is 26.3 Å². The van der Waals surface area contributed by atoms with Crippen LogP contribution in [0.5, 0.6) is 0 Å². The summed E-state index contributed by atoms with van der Waals surface area (Å²) in [5.74, 6) is -1.16. The molecule has 1 N–H and O–H groups in total. The zero-order valence-electron chi connectivity index (χ0n) is 9.47. The highest BCUT2D eigenvalue weighted by molar-refractivity contribution is 7.86. The van der Waals surface area contributed by atoms with Gasteiger partial charge in [-0.15, -0.1) is 0 Å². The Kier molecular flexibility index (Phi) is 5.19. The zero-order chi connectivity index (χ0) is 12.2. The Morgan fingerprint density at radius 1 is 1.40 bits per heavy atom. The van der Waals surface area contributed by atoms with Gasteiger partial charge in [0.05, 0.1) is 0 Å². The van der Waals surface area contributed by atoms with Crippen molar-refractivity contribution in [3.8, 4) is 0 Å². The molecule has 90 valence electrons. The topological polar surface area (TPSA) is 77.9 Å². The first-order valence-corrected chi connectivity index (χ1v) is 6.07. The van der Waals surface area contributed by atoms with Crippen LogP contribution in [0.1, 0.15) is 20.3 Å². The Bertz CT molecular complexity index is 315. The van der Waals surface area contributed by atoms with E-state index in [-0.39, 0.29) is 0 Å². The quantitative estimate of drug-likeness (QED) is 0.705. The van der Waals surface area contributed by atoms with Crippen molar-refractivity contribution in [1.82, 2.24) is 8.61 Å². The number of rotatable bonds is 6. The number of hydrogen-bond acceptors (Lipinski definition) is 3. The van der Waals surface area contributed by atoms with Crippen molar-refractivity contribution < 1.29 is 18.3 Å². The van der Waals surface area contributed by atoms with E-state index in [4.69, 9.17) is 5.11 Å². The maximum atomic E-state index is 11.8. The minimum atomic E-state index is -3.66. The average molecular weight is 238 g/mol. The SMILES string of the molecule is CCCN(C)S(=O)(=O)N(C)C(C)C(=O)O. The van der Waals surface area contributed by atoms with Crippen LogP contribution < -0.4 is 0 Å². The molecule has 0 heterocycles. The van der Waals surface area contributed by atoms with Crippen LogP contribution in [-0.2, 0) is 15.0 Å². The highest BCUT2D eigenvalue weighted by atomic mass is 32.2. The molecule has 0 aliphatic carbocycles. The fraction of sp³-hybridized carbons (Fsp3) is 0.875. The van der Waals surface area contributed by atoms with Crippen LogP contribution in [0.4, 0.5) is 0 Å². The molecule has 0 bridgehead atoms. The van der Waals surface area contributed by atoms with Crippen LogP contribution in [0.15, 0.2) is 0 Å². The number of hydrogen-bond donors (Lipinski definition) is 1.